The van der Waals surface area contributed by atoms with E-state index in [1.165, 1.54) is 0 Å². The van der Waals surface area contributed by atoms with Crippen molar-refractivity contribution in [3.8, 4) is 0 Å². The van der Waals surface area contributed by atoms with Crippen LogP contribution in [-0.4, -0.2) is 23.1 Å². The fourth-order valence-electron chi connectivity index (χ4n) is 2.15. The number of hydrogen-bond donors (Lipinski definition) is 2. The van der Waals surface area contributed by atoms with Crippen LogP contribution in [0.5, 0.6) is 0 Å². The molecule has 0 aromatic carbocycles. The van der Waals surface area contributed by atoms with Gasteiger partial charge in [0, 0.05) is 0 Å². The van der Waals surface area contributed by atoms with Crippen LogP contribution in [0.15, 0.2) is 0 Å². The Labute approximate surface area is 102 Å². The molecule has 0 aliphatic heterocycles. The first-order valence-electron chi connectivity index (χ1n) is 6.06. The minimum absolute atomic E-state index is 0.372. The number of carbonyl (C=O) groups excluding carboxylic acids is 2. The predicted molar refractivity (Wildman–Crippen MR) is 64.4 cm³/mol. The van der Waals surface area contributed by atoms with Gasteiger partial charge in [-0.05, 0) is 33.6 Å². The van der Waals surface area contributed by atoms with Crippen LogP contribution in [0.1, 0.15) is 52.9 Å². The molecule has 0 unspecified atom stereocenters. The molecule has 0 radical (unpaired) electrons. The fourth-order valence-corrected chi connectivity index (χ4v) is 2.15. The van der Waals surface area contributed by atoms with Crippen molar-refractivity contribution >= 4 is 12.0 Å². The lowest BCUT2D eigenvalue weighted by atomic mass is 9.81. The summed E-state index contributed by atoms with van der Waals surface area (Å²) in [6.45, 7) is 5.43. The van der Waals surface area contributed by atoms with Crippen LogP contribution in [0.25, 0.3) is 0 Å². The van der Waals surface area contributed by atoms with Gasteiger partial charge in [0.15, 0.2) is 0 Å². The van der Waals surface area contributed by atoms with Gasteiger partial charge in [-0.2, -0.15) is 0 Å². The average Bonchev–Trinajstić information content (AvgIpc) is 2.15. The third-order valence-corrected chi connectivity index (χ3v) is 2.86. The summed E-state index contributed by atoms with van der Waals surface area (Å²) in [7, 11) is 0. The Bertz CT molecular complexity index is 301. The summed E-state index contributed by atoms with van der Waals surface area (Å²) in [6.07, 6.45) is 4.08. The van der Waals surface area contributed by atoms with E-state index in [0.29, 0.717) is 12.8 Å². The van der Waals surface area contributed by atoms with Gasteiger partial charge in [-0.1, -0.05) is 19.3 Å². The van der Waals surface area contributed by atoms with Crippen molar-refractivity contribution in [2.75, 3.05) is 0 Å². The number of nitrogens with two attached hydrogens (primary N) is 1. The molecular weight excluding hydrogens is 220 g/mol. The van der Waals surface area contributed by atoms with Crippen molar-refractivity contribution in [3.63, 3.8) is 0 Å². The Morgan fingerprint density at radius 2 is 1.71 bits per heavy atom. The number of rotatable bonds is 2. The van der Waals surface area contributed by atoms with E-state index in [-0.39, 0.29) is 5.97 Å². The van der Waals surface area contributed by atoms with Gasteiger partial charge in [-0.3, -0.25) is 0 Å². The number of hydrogen-bond acceptors (Lipinski definition) is 3. The van der Waals surface area contributed by atoms with Crippen molar-refractivity contribution in [3.05, 3.63) is 0 Å². The summed E-state index contributed by atoms with van der Waals surface area (Å²) in [5.74, 6) is -0.372. The van der Waals surface area contributed by atoms with Crippen molar-refractivity contribution in [1.29, 1.82) is 0 Å². The van der Waals surface area contributed by atoms with E-state index in [2.05, 4.69) is 5.32 Å². The second kappa shape index (κ2) is 4.94. The highest BCUT2D eigenvalue weighted by atomic mass is 16.6. The van der Waals surface area contributed by atoms with Crippen LogP contribution < -0.4 is 11.1 Å². The van der Waals surface area contributed by atoms with Gasteiger partial charge in [-0.25, -0.2) is 9.59 Å². The van der Waals surface area contributed by atoms with E-state index in [1.54, 1.807) is 0 Å². The van der Waals surface area contributed by atoms with Gasteiger partial charge in [0.05, 0.1) is 0 Å². The van der Waals surface area contributed by atoms with Crippen molar-refractivity contribution < 1.29 is 14.3 Å². The van der Waals surface area contributed by atoms with Crippen LogP contribution in [0, 0.1) is 0 Å². The highest BCUT2D eigenvalue weighted by molar-refractivity contribution is 5.87. The molecular formula is C12H22N2O3. The number of nitrogens with one attached hydrogen (secondary N) is 1. The van der Waals surface area contributed by atoms with Crippen LogP contribution in [0.2, 0.25) is 0 Å². The van der Waals surface area contributed by atoms with Crippen LogP contribution >= 0.6 is 0 Å². The second-order valence-electron chi connectivity index (χ2n) is 5.63. The molecule has 3 N–H and O–H groups in total. The second-order valence-corrected chi connectivity index (χ2v) is 5.63. The zero-order chi connectivity index (χ0) is 13.1. The minimum atomic E-state index is -0.919. The monoisotopic (exact) mass is 242 g/mol. The molecule has 1 aliphatic carbocycles. The molecule has 98 valence electrons. The molecule has 0 heterocycles. The molecule has 17 heavy (non-hydrogen) atoms. The van der Waals surface area contributed by atoms with Crippen LogP contribution in [-0.2, 0) is 9.53 Å². The maximum Gasteiger partial charge on any atom is 0.332 e. The maximum absolute atomic E-state index is 12.2. The molecule has 1 saturated carbocycles. The zero-order valence-corrected chi connectivity index (χ0v) is 10.8. The number of amides is 2. The Morgan fingerprint density at radius 3 is 2.12 bits per heavy atom. The highest BCUT2D eigenvalue weighted by Gasteiger charge is 2.43. The summed E-state index contributed by atoms with van der Waals surface area (Å²) < 4.78 is 5.37. The maximum atomic E-state index is 12.2. The lowest BCUT2D eigenvalue weighted by Crippen LogP contribution is -2.58. The SMILES string of the molecule is CC(C)(C)OC(=O)C1(NC(N)=O)CCCCC1. The molecule has 2 amide bonds. The molecule has 5 heteroatoms. The topological polar surface area (TPSA) is 81.4 Å². The van der Waals surface area contributed by atoms with E-state index in [4.69, 9.17) is 10.5 Å². The molecule has 0 spiro atoms. The molecule has 0 bridgehead atoms. The lowest BCUT2D eigenvalue weighted by Gasteiger charge is -2.37. The fraction of sp³-hybridized carbons (Fsp3) is 0.833. The Hall–Kier alpha value is -1.26. The molecule has 1 aliphatic rings. The first-order chi connectivity index (χ1) is 7.75. The van der Waals surface area contributed by atoms with Gasteiger partial charge in [0.25, 0.3) is 0 Å². The van der Waals surface area contributed by atoms with Gasteiger partial charge < -0.3 is 15.8 Å². The largest absolute Gasteiger partial charge is 0.458 e. The normalized spacial score (nSPS) is 19.5. The molecule has 5 nitrogen and oxygen atoms in total. The standard InChI is InChI=1S/C12H22N2O3/c1-11(2,3)17-9(15)12(14-10(13)16)7-5-4-6-8-12/h4-8H2,1-3H3,(H3,13,14,16). The van der Waals surface area contributed by atoms with E-state index < -0.39 is 17.2 Å². The van der Waals surface area contributed by atoms with Crippen LogP contribution in [0.3, 0.4) is 0 Å². The Balaban J connectivity index is 2.81. The first kappa shape index (κ1) is 13.8. The van der Waals surface area contributed by atoms with Gasteiger partial charge in [-0.15, -0.1) is 0 Å². The summed E-state index contributed by atoms with van der Waals surface area (Å²) in [4.78, 5) is 23.2. The Kier molecular flexibility index (Phi) is 4.01. The highest BCUT2D eigenvalue weighted by Crippen LogP contribution is 2.30. The summed E-state index contributed by atoms with van der Waals surface area (Å²) in [5, 5.41) is 2.58. The number of urea groups is 1. The summed E-state index contributed by atoms with van der Waals surface area (Å²) >= 11 is 0. The van der Waals surface area contributed by atoms with E-state index in [0.717, 1.165) is 19.3 Å². The molecule has 1 rings (SSSR count). The smallest absolute Gasteiger partial charge is 0.332 e. The predicted octanol–water partition coefficient (Wildman–Crippen LogP) is 1.70. The van der Waals surface area contributed by atoms with E-state index >= 15 is 0 Å². The van der Waals surface area contributed by atoms with E-state index in [1.807, 2.05) is 20.8 Å². The number of primary amides is 1. The molecule has 0 aromatic rings. The lowest BCUT2D eigenvalue weighted by molar-refractivity contribution is -0.164. The molecule has 0 aromatic heterocycles. The van der Waals surface area contributed by atoms with E-state index in [9.17, 15) is 9.59 Å². The van der Waals surface area contributed by atoms with Crippen LogP contribution in [0.4, 0.5) is 4.79 Å². The van der Waals surface area contributed by atoms with Crippen molar-refractivity contribution in [2.45, 2.75) is 64.0 Å². The Morgan fingerprint density at radius 1 is 1.18 bits per heavy atom. The summed E-state index contributed by atoms with van der Waals surface area (Å²) in [5.41, 5.74) is 3.68. The zero-order valence-electron chi connectivity index (χ0n) is 10.8. The minimum Gasteiger partial charge on any atom is -0.458 e. The van der Waals surface area contributed by atoms with Gasteiger partial charge >= 0.3 is 12.0 Å². The molecule has 1 fully saturated rings. The molecule has 0 saturated heterocycles. The third-order valence-electron chi connectivity index (χ3n) is 2.86. The quantitative estimate of drug-likeness (QED) is 0.723. The summed E-state index contributed by atoms with van der Waals surface area (Å²) in [6, 6.07) is -0.669. The third kappa shape index (κ3) is 3.91. The number of carbonyl (C=O) groups is 2. The number of esters is 1. The first-order valence-corrected chi connectivity index (χ1v) is 6.06. The van der Waals surface area contributed by atoms with Gasteiger partial charge in [0.1, 0.15) is 11.1 Å². The number of ether oxygens (including phenoxy) is 1. The van der Waals surface area contributed by atoms with Crippen molar-refractivity contribution in [2.24, 2.45) is 5.73 Å². The van der Waals surface area contributed by atoms with Crippen molar-refractivity contribution in [1.82, 2.24) is 5.32 Å². The molecule has 0 atom stereocenters. The van der Waals surface area contributed by atoms with Gasteiger partial charge in [0.2, 0.25) is 0 Å². The average molecular weight is 242 g/mol.